The molecule has 0 aromatic heterocycles. The van der Waals surface area contributed by atoms with Gasteiger partial charge < -0.3 is 14.4 Å². The first-order chi connectivity index (χ1) is 9.14. The smallest absolute Gasteiger partial charge is 0.424 e. The van der Waals surface area contributed by atoms with Crippen LogP contribution in [0.3, 0.4) is 0 Å². The molecule has 1 aromatic rings. The fourth-order valence-corrected chi connectivity index (χ4v) is 1.63. The molecule has 0 aliphatic carbocycles. The number of nitrogens with one attached hydrogen (secondary N) is 1. The molecule has 0 radical (unpaired) electrons. The van der Waals surface area contributed by atoms with Crippen molar-refractivity contribution in [3.05, 3.63) is 23.2 Å². The Morgan fingerprint density at radius 2 is 1.90 bits per heavy atom. The van der Waals surface area contributed by atoms with Gasteiger partial charge in [-0.1, -0.05) is 11.6 Å². The molecule has 1 aliphatic heterocycles. The van der Waals surface area contributed by atoms with Crippen LogP contribution in [-0.4, -0.2) is 37.1 Å². The van der Waals surface area contributed by atoms with Crippen molar-refractivity contribution in [3.63, 3.8) is 0 Å². The molecule has 20 heavy (non-hydrogen) atoms. The number of urea groups is 1. The number of fused-ring (bicyclic) bond motifs is 1. The van der Waals surface area contributed by atoms with Crippen LogP contribution in [0.5, 0.6) is 11.5 Å². The monoisotopic (exact) mass is 310 g/mol. The van der Waals surface area contributed by atoms with Crippen molar-refractivity contribution in [2.75, 3.05) is 14.1 Å². The number of alkyl halides is 3. The van der Waals surface area contributed by atoms with Crippen LogP contribution in [0.15, 0.2) is 18.2 Å². The minimum Gasteiger partial charge on any atom is -0.424 e. The maximum absolute atomic E-state index is 13.2. The lowest BCUT2D eigenvalue weighted by Gasteiger charge is -2.30. The molecule has 1 aliphatic rings. The van der Waals surface area contributed by atoms with Gasteiger partial charge in [0, 0.05) is 25.2 Å². The quantitative estimate of drug-likeness (QED) is 0.867. The van der Waals surface area contributed by atoms with E-state index in [4.69, 9.17) is 21.1 Å². The summed E-state index contributed by atoms with van der Waals surface area (Å²) in [5.74, 6) is -3.62. The Hall–Kier alpha value is -1.83. The molecular weight excluding hydrogens is 301 g/mol. The van der Waals surface area contributed by atoms with Gasteiger partial charge in [-0.2, -0.15) is 13.2 Å². The topological polar surface area (TPSA) is 50.8 Å². The molecule has 0 saturated heterocycles. The minimum absolute atomic E-state index is 0.161. The Bertz CT molecular complexity index is 550. The second kappa shape index (κ2) is 4.62. The van der Waals surface area contributed by atoms with Crippen LogP contribution in [0.2, 0.25) is 5.02 Å². The van der Waals surface area contributed by atoms with E-state index in [-0.39, 0.29) is 16.5 Å². The van der Waals surface area contributed by atoms with Crippen LogP contribution in [-0.2, 0) is 0 Å². The fourth-order valence-electron chi connectivity index (χ4n) is 1.47. The number of amides is 2. The van der Waals surface area contributed by atoms with Gasteiger partial charge in [-0.25, -0.2) is 4.79 Å². The largest absolute Gasteiger partial charge is 0.492 e. The van der Waals surface area contributed by atoms with Gasteiger partial charge in [0.1, 0.15) is 0 Å². The van der Waals surface area contributed by atoms with E-state index in [2.05, 4.69) is 0 Å². The summed E-state index contributed by atoms with van der Waals surface area (Å²) in [6, 6.07) is 2.74. The Labute approximate surface area is 117 Å². The van der Waals surface area contributed by atoms with E-state index >= 15 is 0 Å². The van der Waals surface area contributed by atoms with Crippen LogP contribution in [0.25, 0.3) is 0 Å². The first kappa shape index (κ1) is 14.6. The second-order valence-corrected chi connectivity index (χ2v) is 4.67. The van der Waals surface area contributed by atoms with Gasteiger partial charge >= 0.3 is 18.1 Å². The number of carbonyl (C=O) groups excluding carboxylic acids is 1. The molecule has 2 amide bonds. The number of nitrogens with zero attached hydrogens (tertiary/aromatic N) is 1. The molecule has 0 saturated carbocycles. The molecule has 1 aromatic carbocycles. The highest BCUT2D eigenvalue weighted by Crippen LogP contribution is 2.46. The van der Waals surface area contributed by atoms with E-state index in [0.29, 0.717) is 0 Å². The minimum atomic E-state index is -4.98. The molecule has 9 heteroatoms. The van der Waals surface area contributed by atoms with Crippen LogP contribution >= 0.6 is 11.6 Å². The van der Waals surface area contributed by atoms with E-state index in [1.807, 2.05) is 0 Å². The third kappa shape index (κ3) is 2.43. The highest BCUT2D eigenvalue weighted by Gasteiger charge is 2.65. The second-order valence-electron chi connectivity index (χ2n) is 4.23. The number of hydrogen-bond donors (Lipinski definition) is 1. The average molecular weight is 311 g/mol. The predicted octanol–water partition coefficient (Wildman–Crippen LogP) is 2.60. The summed E-state index contributed by atoms with van der Waals surface area (Å²) >= 11 is 5.67. The lowest BCUT2D eigenvalue weighted by Crippen LogP contribution is -2.66. The number of hydrogen-bond acceptors (Lipinski definition) is 3. The van der Waals surface area contributed by atoms with Crippen LogP contribution in [0.1, 0.15) is 0 Å². The summed E-state index contributed by atoms with van der Waals surface area (Å²) in [4.78, 5) is 12.4. The van der Waals surface area contributed by atoms with Gasteiger partial charge in [0.25, 0.3) is 0 Å². The summed E-state index contributed by atoms with van der Waals surface area (Å²) in [7, 11) is 2.58. The number of carbonyl (C=O) groups is 1. The zero-order valence-corrected chi connectivity index (χ0v) is 11.2. The van der Waals surface area contributed by atoms with Gasteiger partial charge in [-0.15, -0.1) is 0 Å². The lowest BCUT2D eigenvalue weighted by molar-refractivity contribution is -0.318. The lowest BCUT2D eigenvalue weighted by atomic mass is 10.3. The first-order valence-corrected chi connectivity index (χ1v) is 5.76. The van der Waals surface area contributed by atoms with Gasteiger partial charge in [0.15, 0.2) is 11.5 Å². The maximum atomic E-state index is 13.2. The Kier molecular flexibility index (Phi) is 3.37. The highest BCUT2D eigenvalue weighted by atomic mass is 35.5. The van der Waals surface area contributed by atoms with Gasteiger partial charge in [-0.05, 0) is 12.1 Å². The zero-order chi connectivity index (χ0) is 15.1. The molecule has 2 rings (SSSR count). The summed E-state index contributed by atoms with van der Waals surface area (Å²) in [6.07, 6.45) is -4.98. The molecule has 0 spiro atoms. The van der Waals surface area contributed by atoms with Crippen molar-refractivity contribution in [1.82, 2.24) is 10.2 Å². The Balaban J connectivity index is 2.36. The van der Waals surface area contributed by atoms with E-state index in [9.17, 15) is 18.0 Å². The number of rotatable bonds is 1. The zero-order valence-electron chi connectivity index (χ0n) is 10.4. The van der Waals surface area contributed by atoms with Crippen molar-refractivity contribution < 1.29 is 27.4 Å². The van der Waals surface area contributed by atoms with E-state index < -0.39 is 18.1 Å². The van der Waals surface area contributed by atoms with Crippen molar-refractivity contribution in [1.29, 1.82) is 0 Å². The van der Waals surface area contributed by atoms with Crippen LogP contribution < -0.4 is 14.8 Å². The number of benzene rings is 1. The highest BCUT2D eigenvalue weighted by molar-refractivity contribution is 6.30. The molecule has 0 unspecified atom stereocenters. The van der Waals surface area contributed by atoms with Gasteiger partial charge in [0.2, 0.25) is 0 Å². The SMILES string of the molecule is CN(C)C(=O)N[C@]1(C(F)(F)F)Oc2ccc(Cl)cc2O1. The molecule has 1 atom stereocenters. The van der Waals surface area contributed by atoms with Crippen molar-refractivity contribution in [2.45, 2.75) is 12.1 Å². The van der Waals surface area contributed by atoms with Crippen molar-refractivity contribution >= 4 is 17.6 Å². The van der Waals surface area contributed by atoms with Crippen molar-refractivity contribution in [3.8, 4) is 11.5 Å². The van der Waals surface area contributed by atoms with Crippen LogP contribution in [0, 0.1) is 0 Å². The summed E-state index contributed by atoms with van der Waals surface area (Å²) in [5.41, 5.74) is 0. The van der Waals surface area contributed by atoms with Gasteiger partial charge in [-0.3, -0.25) is 5.32 Å². The Morgan fingerprint density at radius 3 is 2.45 bits per heavy atom. The predicted molar refractivity (Wildman–Crippen MR) is 63.7 cm³/mol. The van der Waals surface area contributed by atoms with Gasteiger partial charge in [0.05, 0.1) is 0 Å². The third-order valence-corrected chi connectivity index (χ3v) is 2.70. The molecule has 5 nitrogen and oxygen atoms in total. The first-order valence-electron chi connectivity index (χ1n) is 5.38. The maximum Gasteiger partial charge on any atom is 0.492 e. The molecule has 1 N–H and O–H groups in total. The number of halogens is 4. The summed E-state index contributed by atoms with van der Waals surface area (Å²) in [5, 5.41) is 1.86. The molecular formula is C11H10ClF3N2O3. The number of ether oxygens (including phenoxy) is 2. The summed E-state index contributed by atoms with van der Waals surface area (Å²) in [6.45, 7) is 0. The van der Waals surface area contributed by atoms with Crippen LogP contribution in [0.4, 0.5) is 18.0 Å². The summed E-state index contributed by atoms with van der Waals surface area (Å²) < 4.78 is 49.1. The van der Waals surface area contributed by atoms with E-state index in [1.54, 1.807) is 5.32 Å². The molecule has 0 fully saturated rings. The normalized spacial score (nSPS) is 20.7. The fraction of sp³-hybridized carbons (Fsp3) is 0.364. The van der Waals surface area contributed by atoms with E-state index in [0.717, 1.165) is 4.90 Å². The average Bonchev–Trinajstić information content (AvgIpc) is 2.66. The third-order valence-electron chi connectivity index (χ3n) is 2.46. The Morgan fingerprint density at radius 1 is 1.30 bits per heavy atom. The molecule has 1 heterocycles. The van der Waals surface area contributed by atoms with Crippen molar-refractivity contribution in [2.24, 2.45) is 0 Å². The molecule has 0 bridgehead atoms. The standard InChI is InChI=1S/C11H10ClF3N2O3/c1-17(2)9(18)16-11(10(13,14)15)19-7-4-3-6(12)5-8(7)20-11/h3-5H,1-2H3,(H,16,18)/t11-/m1/s1. The van der Waals surface area contributed by atoms with E-state index in [1.165, 1.54) is 32.3 Å². The molecule has 110 valence electrons.